The average Bonchev–Trinajstić information content (AvgIpc) is 3.05. The Morgan fingerprint density at radius 3 is 2.74 bits per heavy atom. The van der Waals surface area contributed by atoms with Gasteiger partial charge in [0.15, 0.2) is 9.84 Å². The number of aromatic amines is 1. The minimum absolute atomic E-state index is 0.0440. The van der Waals surface area contributed by atoms with Gasteiger partial charge in [0, 0.05) is 24.0 Å². The van der Waals surface area contributed by atoms with E-state index in [4.69, 9.17) is 4.74 Å². The summed E-state index contributed by atoms with van der Waals surface area (Å²) in [6.45, 7) is 1.88. The second kappa shape index (κ2) is 5.56. The predicted molar refractivity (Wildman–Crippen MR) is 88.7 cm³/mol. The molecule has 1 fully saturated rings. The van der Waals surface area contributed by atoms with Crippen LogP contribution >= 0.6 is 0 Å². The third kappa shape index (κ3) is 2.81. The highest BCUT2D eigenvalue weighted by Gasteiger charge is 2.34. The molecule has 1 aliphatic rings. The summed E-state index contributed by atoms with van der Waals surface area (Å²) < 4.78 is 28.5. The number of methoxy groups -OCH3 is 1. The number of carbonyl (C=O) groups excluding carboxylic acids is 1. The van der Waals surface area contributed by atoms with Crippen LogP contribution < -0.4 is 4.74 Å². The molecule has 1 saturated heterocycles. The highest BCUT2D eigenvalue weighted by atomic mass is 32.2. The van der Waals surface area contributed by atoms with Crippen LogP contribution in [0.1, 0.15) is 22.5 Å². The SMILES string of the molecule is COc1ccc2[nH]c(C(=O)N(C)[C@H]3CCS(=O)(=O)C3)c(C)c2c1. The van der Waals surface area contributed by atoms with Crippen molar-refractivity contribution < 1.29 is 17.9 Å². The van der Waals surface area contributed by atoms with Gasteiger partial charge in [-0.3, -0.25) is 4.79 Å². The molecule has 1 aliphatic heterocycles. The Morgan fingerprint density at radius 2 is 2.13 bits per heavy atom. The summed E-state index contributed by atoms with van der Waals surface area (Å²) in [6, 6.07) is 5.34. The molecule has 0 unspecified atom stereocenters. The first-order valence-electron chi connectivity index (χ1n) is 7.46. The van der Waals surface area contributed by atoms with Crippen molar-refractivity contribution in [3.8, 4) is 5.75 Å². The van der Waals surface area contributed by atoms with Gasteiger partial charge in [-0.2, -0.15) is 0 Å². The number of aryl methyl sites for hydroxylation is 1. The van der Waals surface area contributed by atoms with E-state index < -0.39 is 9.84 Å². The number of nitrogens with one attached hydrogen (secondary N) is 1. The maximum absolute atomic E-state index is 12.8. The summed E-state index contributed by atoms with van der Waals surface area (Å²) in [5.74, 6) is 0.745. The Bertz CT molecular complexity index is 870. The van der Waals surface area contributed by atoms with Crippen molar-refractivity contribution >= 4 is 26.6 Å². The molecule has 0 bridgehead atoms. The molecule has 0 radical (unpaired) electrons. The fraction of sp³-hybridized carbons (Fsp3) is 0.438. The zero-order valence-electron chi connectivity index (χ0n) is 13.4. The summed E-state index contributed by atoms with van der Waals surface area (Å²) in [5, 5.41) is 0.931. The molecule has 1 aromatic carbocycles. The van der Waals surface area contributed by atoms with E-state index in [1.54, 1.807) is 19.1 Å². The zero-order chi connectivity index (χ0) is 16.8. The molecule has 3 rings (SSSR count). The van der Waals surface area contributed by atoms with E-state index in [-0.39, 0.29) is 23.5 Å². The first-order valence-corrected chi connectivity index (χ1v) is 9.28. The Hall–Kier alpha value is -2.02. The third-order valence-corrected chi connectivity index (χ3v) is 6.31. The van der Waals surface area contributed by atoms with Crippen LogP contribution in [0.2, 0.25) is 0 Å². The van der Waals surface area contributed by atoms with Crippen LogP contribution in [0, 0.1) is 6.92 Å². The summed E-state index contributed by atoms with van der Waals surface area (Å²) in [5.41, 5.74) is 2.20. The number of hydrogen-bond donors (Lipinski definition) is 1. The molecule has 1 amide bonds. The van der Waals surface area contributed by atoms with Crippen molar-refractivity contribution in [2.24, 2.45) is 0 Å². The van der Waals surface area contributed by atoms with E-state index in [9.17, 15) is 13.2 Å². The number of benzene rings is 1. The van der Waals surface area contributed by atoms with Crippen LogP contribution in [0.3, 0.4) is 0 Å². The molecular weight excluding hydrogens is 316 g/mol. The lowest BCUT2D eigenvalue weighted by Crippen LogP contribution is -2.38. The number of hydrogen-bond acceptors (Lipinski definition) is 4. The average molecular weight is 336 g/mol. The number of sulfone groups is 1. The number of amides is 1. The number of nitrogens with zero attached hydrogens (tertiary/aromatic N) is 1. The van der Waals surface area contributed by atoms with E-state index >= 15 is 0 Å². The Morgan fingerprint density at radius 1 is 1.39 bits per heavy atom. The summed E-state index contributed by atoms with van der Waals surface area (Å²) in [7, 11) is 0.246. The third-order valence-electron chi connectivity index (χ3n) is 4.56. The lowest BCUT2D eigenvalue weighted by molar-refractivity contribution is 0.0742. The highest BCUT2D eigenvalue weighted by molar-refractivity contribution is 7.91. The Balaban J connectivity index is 1.93. The van der Waals surface area contributed by atoms with Crippen LogP contribution in [0.15, 0.2) is 18.2 Å². The predicted octanol–water partition coefficient (Wildman–Crippen LogP) is 1.74. The molecule has 0 saturated carbocycles. The van der Waals surface area contributed by atoms with E-state index in [2.05, 4.69) is 4.98 Å². The maximum Gasteiger partial charge on any atom is 0.270 e. The minimum atomic E-state index is -3.02. The number of fused-ring (bicyclic) bond motifs is 1. The van der Waals surface area contributed by atoms with Gasteiger partial charge in [-0.25, -0.2) is 8.42 Å². The van der Waals surface area contributed by atoms with Gasteiger partial charge in [-0.15, -0.1) is 0 Å². The topological polar surface area (TPSA) is 79.5 Å². The van der Waals surface area contributed by atoms with Crippen LogP contribution in [-0.4, -0.2) is 55.9 Å². The van der Waals surface area contributed by atoms with Gasteiger partial charge in [-0.1, -0.05) is 0 Å². The van der Waals surface area contributed by atoms with Crippen LogP contribution in [0.4, 0.5) is 0 Å². The summed E-state index contributed by atoms with van der Waals surface area (Å²) >= 11 is 0. The Kier molecular flexibility index (Phi) is 3.83. The summed E-state index contributed by atoms with van der Waals surface area (Å²) in [6.07, 6.45) is 0.498. The first kappa shape index (κ1) is 15.9. The van der Waals surface area contributed by atoms with Crippen molar-refractivity contribution in [3.63, 3.8) is 0 Å². The molecule has 1 N–H and O–H groups in total. The second-order valence-corrected chi connectivity index (χ2v) is 8.24. The number of carbonyl (C=O) groups is 1. The van der Waals surface area contributed by atoms with Gasteiger partial charge in [0.05, 0.1) is 18.6 Å². The zero-order valence-corrected chi connectivity index (χ0v) is 14.2. The van der Waals surface area contributed by atoms with Gasteiger partial charge < -0.3 is 14.6 Å². The fourth-order valence-electron chi connectivity index (χ4n) is 3.07. The monoisotopic (exact) mass is 336 g/mol. The largest absolute Gasteiger partial charge is 0.497 e. The molecule has 7 heteroatoms. The molecule has 1 aromatic heterocycles. The molecule has 124 valence electrons. The lowest BCUT2D eigenvalue weighted by atomic mass is 10.1. The van der Waals surface area contributed by atoms with Gasteiger partial charge in [0.25, 0.3) is 5.91 Å². The number of H-pyrrole nitrogens is 1. The van der Waals surface area contributed by atoms with E-state index in [1.165, 1.54) is 0 Å². The lowest BCUT2D eigenvalue weighted by Gasteiger charge is -2.23. The molecule has 2 heterocycles. The van der Waals surface area contributed by atoms with Gasteiger partial charge in [-0.05, 0) is 37.1 Å². The fourth-order valence-corrected chi connectivity index (χ4v) is 4.84. The number of ether oxygens (including phenoxy) is 1. The molecule has 0 aliphatic carbocycles. The second-order valence-electron chi connectivity index (χ2n) is 6.01. The van der Waals surface area contributed by atoms with Gasteiger partial charge in [0.1, 0.15) is 11.4 Å². The molecule has 2 aromatic rings. The van der Waals surface area contributed by atoms with Crippen molar-refractivity contribution in [2.75, 3.05) is 25.7 Å². The highest BCUT2D eigenvalue weighted by Crippen LogP contribution is 2.27. The van der Waals surface area contributed by atoms with Crippen LogP contribution in [0.5, 0.6) is 5.75 Å². The van der Waals surface area contributed by atoms with Gasteiger partial charge >= 0.3 is 0 Å². The van der Waals surface area contributed by atoms with E-state index in [1.807, 2.05) is 25.1 Å². The molecule has 0 spiro atoms. The number of rotatable bonds is 3. The smallest absolute Gasteiger partial charge is 0.270 e. The molecule has 6 nitrogen and oxygen atoms in total. The standard InChI is InChI=1S/C16H20N2O4S/c1-10-13-8-12(22-3)4-5-14(13)17-15(10)16(19)18(2)11-6-7-23(20,21)9-11/h4-5,8,11,17H,6-7,9H2,1-3H3/t11-/m0/s1. The van der Waals surface area contributed by atoms with E-state index in [0.717, 1.165) is 22.2 Å². The molecular formula is C16H20N2O4S. The maximum atomic E-state index is 12.8. The minimum Gasteiger partial charge on any atom is -0.497 e. The van der Waals surface area contributed by atoms with Crippen LogP contribution in [-0.2, 0) is 9.84 Å². The normalized spacial score (nSPS) is 19.9. The summed E-state index contributed by atoms with van der Waals surface area (Å²) in [4.78, 5) is 17.4. The van der Waals surface area contributed by atoms with Crippen molar-refractivity contribution in [1.29, 1.82) is 0 Å². The van der Waals surface area contributed by atoms with E-state index in [0.29, 0.717) is 12.1 Å². The number of aromatic nitrogens is 1. The van der Waals surface area contributed by atoms with Crippen LogP contribution in [0.25, 0.3) is 10.9 Å². The Labute approximate surface area is 135 Å². The molecule has 23 heavy (non-hydrogen) atoms. The van der Waals surface area contributed by atoms with Crippen molar-refractivity contribution in [3.05, 3.63) is 29.5 Å². The quantitative estimate of drug-likeness (QED) is 0.926. The van der Waals surface area contributed by atoms with Crippen molar-refractivity contribution in [2.45, 2.75) is 19.4 Å². The van der Waals surface area contributed by atoms with Crippen molar-refractivity contribution in [1.82, 2.24) is 9.88 Å². The van der Waals surface area contributed by atoms with Gasteiger partial charge in [0.2, 0.25) is 0 Å². The first-order chi connectivity index (χ1) is 10.8. The molecule has 1 atom stereocenters.